The van der Waals surface area contributed by atoms with Crippen molar-refractivity contribution < 1.29 is 8.78 Å². The second-order valence-electron chi connectivity index (χ2n) is 3.97. The quantitative estimate of drug-likeness (QED) is 0.629. The number of hydrogen-bond donors (Lipinski definition) is 0. The lowest BCUT2D eigenvalue weighted by Crippen LogP contribution is -1.97. The van der Waals surface area contributed by atoms with Crippen molar-refractivity contribution in [1.82, 2.24) is 0 Å². The molecule has 0 saturated carbocycles. The molecule has 0 heterocycles. The van der Waals surface area contributed by atoms with Crippen molar-refractivity contribution in [2.75, 3.05) is 0 Å². The number of alkyl halides is 1. The molecule has 2 aromatic carbocycles. The standard InChI is InChI=1S/C14H10Br2F2/c15-13(7-9-2-1-3-10(17)6-9)12-5-4-11(18)8-14(12)16/h1-6,8,13H,7H2. The number of benzene rings is 2. The molecular formula is C14H10Br2F2. The number of halogens is 4. The lowest BCUT2D eigenvalue weighted by atomic mass is 10.0. The first kappa shape index (κ1) is 13.7. The molecule has 94 valence electrons. The molecule has 0 aliphatic rings. The lowest BCUT2D eigenvalue weighted by molar-refractivity contribution is 0.624. The van der Waals surface area contributed by atoms with Gasteiger partial charge in [-0.2, -0.15) is 0 Å². The van der Waals surface area contributed by atoms with E-state index in [0.29, 0.717) is 10.9 Å². The predicted octanol–water partition coefficient (Wildman–Crippen LogP) is 5.41. The Morgan fingerprint density at radius 2 is 1.72 bits per heavy atom. The molecular weight excluding hydrogens is 366 g/mol. The average Bonchev–Trinajstić information content (AvgIpc) is 2.28. The summed E-state index contributed by atoms with van der Waals surface area (Å²) >= 11 is 6.88. The lowest BCUT2D eigenvalue weighted by Gasteiger charge is -2.12. The maximum Gasteiger partial charge on any atom is 0.124 e. The highest BCUT2D eigenvalue weighted by molar-refractivity contribution is 9.11. The van der Waals surface area contributed by atoms with Crippen molar-refractivity contribution in [2.45, 2.75) is 11.2 Å². The third-order valence-electron chi connectivity index (χ3n) is 2.60. The Morgan fingerprint density at radius 1 is 1.00 bits per heavy atom. The average molecular weight is 376 g/mol. The van der Waals surface area contributed by atoms with Gasteiger partial charge < -0.3 is 0 Å². The second kappa shape index (κ2) is 5.93. The van der Waals surface area contributed by atoms with Gasteiger partial charge in [0.25, 0.3) is 0 Å². The summed E-state index contributed by atoms with van der Waals surface area (Å²) in [5.41, 5.74) is 1.84. The van der Waals surface area contributed by atoms with Gasteiger partial charge in [-0.05, 0) is 41.8 Å². The van der Waals surface area contributed by atoms with Crippen LogP contribution >= 0.6 is 31.9 Å². The Kier molecular flexibility index (Phi) is 4.51. The largest absolute Gasteiger partial charge is 0.207 e. The molecule has 0 aliphatic carbocycles. The van der Waals surface area contributed by atoms with E-state index >= 15 is 0 Å². The maximum atomic E-state index is 13.1. The van der Waals surface area contributed by atoms with Crippen LogP contribution in [0, 0.1) is 11.6 Å². The zero-order valence-corrected chi connectivity index (χ0v) is 12.5. The van der Waals surface area contributed by atoms with Crippen LogP contribution in [0.2, 0.25) is 0 Å². The Bertz CT molecular complexity index is 555. The van der Waals surface area contributed by atoms with E-state index in [1.807, 2.05) is 6.07 Å². The predicted molar refractivity (Wildman–Crippen MR) is 75.9 cm³/mol. The molecule has 0 amide bonds. The van der Waals surface area contributed by atoms with Crippen molar-refractivity contribution in [3.8, 4) is 0 Å². The van der Waals surface area contributed by atoms with E-state index in [1.54, 1.807) is 12.1 Å². The summed E-state index contributed by atoms with van der Waals surface area (Å²) in [6.07, 6.45) is 0.641. The van der Waals surface area contributed by atoms with Gasteiger partial charge in [0, 0.05) is 9.30 Å². The van der Waals surface area contributed by atoms with Crippen LogP contribution in [0.4, 0.5) is 8.78 Å². The molecule has 0 bridgehead atoms. The molecule has 2 rings (SSSR count). The molecule has 1 atom stereocenters. The molecule has 0 saturated heterocycles. The fourth-order valence-electron chi connectivity index (χ4n) is 1.74. The highest BCUT2D eigenvalue weighted by Gasteiger charge is 2.12. The van der Waals surface area contributed by atoms with Gasteiger partial charge in [-0.25, -0.2) is 8.78 Å². The first-order chi connectivity index (χ1) is 8.56. The van der Waals surface area contributed by atoms with Crippen LogP contribution in [0.3, 0.4) is 0 Å². The molecule has 0 spiro atoms. The number of rotatable bonds is 3. The van der Waals surface area contributed by atoms with E-state index in [0.717, 1.165) is 11.1 Å². The van der Waals surface area contributed by atoms with Crippen LogP contribution in [0.15, 0.2) is 46.9 Å². The third-order valence-corrected chi connectivity index (χ3v) is 4.11. The summed E-state index contributed by atoms with van der Waals surface area (Å²) in [6.45, 7) is 0. The van der Waals surface area contributed by atoms with Gasteiger partial charge in [0.15, 0.2) is 0 Å². The summed E-state index contributed by atoms with van der Waals surface area (Å²) in [6, 6.07) is 11.0. The fraction of sp³-hybridized carbons (Fsp3) is 0.143. The summed E-state index contributed by atoms with van der Waals surface area (Å²) in [4.78, 5) is 0.00859. The van der Waals surface area contributed by atoms with Crippen LogP contribution in [0.1, 0.15) is 16.0 Å². The third kappa shape index (κ3) is 3.39. The van der Waals surface area contributed by atoms with Gasteiger partial charge >= 0.3 is 0 Å². The maximum absolute atomic E-state index is 13.1. The SMILES string of the molecule is Fc1cccc(CC(Br)c2ccc(F)cc2Br)c1. The molecule has 0 N–H and O–H groups in total. The molecule has 18 heavy (non-hydrogen) atoms. The first-order valence-electron chi connectivity index (χ1n) is 5.40. The van der Waals surface area contributed by atoms with E-state index in [-0.39, 0.29) is 16.5 Å². The van der Waals surface area contributed by atoms with Gasteiger partial charge in [-0.3, -0.25) is 0 Å². The van der Waals surface area contributed by atoms with Crippen LogP contribution < -0.4 is 0 Å². The molecule has 0 aromatic heterocycles. The Morgan fingerprint density at radius 3 is 2.39 bits per heavy atom. The van der Waals surface area contributed by atoms with Gasteiger partial charge in [0.2, 0.25) is 0 Å². The topological polar surface area (TPSA) is 0 Å². The van der Waals surface area contributed by atoms with Gasteiger partial charge in [-0.15, -0.1) is 0 Å². The van der Waals surface area contributed by atoms with Gasteiger partial charge in [0.05, 0.1) is 0 Å². The van der Waals surface area contributed by atoms with Crippen molar-refractivity contribution in [2.24, 2.45) is 0 Å². The van der Waals surface area contributed by atoms with Gasteiger partial charge in [0.1, 0.15) is 11.6 Å². The summed E-state index contributed by atoms with van der Waals surface area (Å²) in [7, 11) is 0. The smallest absolute Gasteiger partial charge is 0.124 e. The fourth-order valence-corrected chi connectivity index (χ4v) is 3.44. The monoisotopic (exact) mass is 374 g/mol. The van der Waals surface area contributed by atoms with Crippen LogP contribution in [0.5, 0.6) is 0 Å². The molecule has 0 radical (unpaired) electrons. The summed E-state index contributed by atoms with van der Waals surface area (Å²) < 4.78 is 26.8. The van der Waals surface area contributed by atoms with E-state index in [1.165, 1.54) is 24.3 Å². The van der Waals surface area contributed by atoms with E-state index in [4.69, 9.17) is 0 Å². The Labute approximate surface area is 121 Å². The minimum absolute atomic E-state index is 0.00859. The zero-order valence-electron chi connectivity index (χ0n) is 9.34. The van der Waals surface area contributed by atoms with Crippen LogP contribution in [-0.4, -0.2) is 0 Å². The van der Waals surface area contributed by atoms with Crippen molar-refractivity contribution in [1.29, 1.82) is 0 Å². The van der Waals surface area contributed by atoms with Crippen molar-refractivity contribution >= 4 is 31.9 Å². The molecule has 4 heteroatoms. The molecule has 0 fully saturated rings. The van der Waals surface area contributed by atoms with E-state index < -0.39 is 0 Å². The van der Waals surface area contributed by atoms with Crippen LogP contribution in [0.25, 0.3) is 0 Å². The van der Waals surface area contributed by atoms with Gasteiger partial charge in [-0.1, -0.05) is 50.1 Å². The second-order valence-corrected chi connectivity index (χ2v) is 5.93. The number of hydrogen-bond acceptors (Lipinski definition) is 0. The van der Waals surface area contributed by atoms with Crippen molar-refractivity contribution in [3.63, 3.8) is 0 Å². The van der Waals surface area contributed by atoms with E-state index in [9.17, 15) is 8.78 Å². The van der Waals surface area contributed by atoms with Crippen LogP contribution in [-0.2, 0) is 6.42 Å². The summed E-state index contributed by atoms with van der Waals surface area (Å²) in [5, 5.41) is 0. The highest BCUT2D eigenvalue weighted by atomic mass is 79.9. The first-order valence-corrected chi connectivity index (χ1v) is 7.10. The molecule has 0 aliphatic heterocycles. The molecule has 1 unspecified atom stereocenters. The molecule has 2 aromatic rings. The van der Waals surface area contributed by atoms with Crippen molar-refractivity contribution in [3.05, 3.63) is 69.7 Å². The Hall–Kier alpha value is -0.740. The zero-order chi connectivity index (χ0) is 13.1. The normalized spacial score (nSPS) is 12.4. The Balaban J connectivity index is 2.19. The minimum Gasteiger partial charge on any atom is -0.207 e. The highest BCUT2D eigenvalue weighted by Crippen LogP contribution is 2.33. The minimum atomic E-state index is -0.281. The summed E-state index contributed by atoms with van der Waals surface area (Å²) in [5.74, 6) is -0.526. The van der Waals surface area contributed by atoms with E-state index in [2.05, 4.69) is 31.9 Å². The molecule has 0 nitrogen and oxygen atoms in total.